The van der Waals surface area contributed by atoms with Crippen molar-refractivity contribution in [3.05, 3.63) is 29.3 Å². The number of aldehydes is 1. The molecule has 0 N–H and O–H groups in total. The average molecular weight is 218 g/mol. The predicted octanol–water partition coefficient (Wildman–Crippen LogP) is 3.34. The molecule has 0 saturated heterocycles. The zero-order chi connectivity index (χ0) is 12.0. The van der Waals surface area contributed by atoms with Crippen molar-refractivity contribution in [2.75, 3.05) is 0 Å². The highest BCUT2D eigenvalue weighted by Crippen LogP contribution is 2.44. The van der Waals surface area contributed by atoms with E-state index in [1.165, 1.54) is 0 Å². The molecule has 0 atom stereocenters. The molecule has 1 aromatic rings. The number of hydrogen-bond acceptors (Lipinski definition) is 2. The number of ether oxygens (including phenoxy) is 1. The number of carbonyl (C=O) groups is 1. The normalized spacial score (nSPS) is 20.8. The number of rotatable bonds is 1. The topological polar surface area (TPSA) is 26.3 Å². The molecule has 0 bridgehead atoms. The van der Waals surface area contributed by atoms with Gasteiger partial charge in [0.25, 0.3) is 0 Å². The summed E-state index contributed by atoms with van der Waals surface area (Å²) in [7, 11) is 0. The largest absolute Gasteiger partial charge is 0.488 e. The van der Waals surface area contributed by atoms with Gasteiger partial charge in [-0.05, 0) is 43.9 Å². The maximum absolute atomic E-state index is 10.8. The molecule has 1 aromatic carbocycles. The maximum atomic E-state index is 10.8. The van der Waals surface area contributed by atoms with Gasteiger partial charge in [0.1, 0.15) is 17.6 Å². The molecule has 16 heavy (non-hydrogen) atoms. The first-order valence-electron chi connectivity index (χ1n) is 5.63. The Balaban J connectivity index is 2.55. The van der Waals surface area contributed by atoms with Crippen molar-refractivity contribution in [1.82, 2.24) is 0 Å². The lowest BCUT2D eigenvalue weighted by molar-refractivity contribution is 0.0534. The van der Waals surface area contributed by atoms with E-state index in [0.717, 1.165) is 29.6 Å². The highest BCUT2D eigenvalue weighted by molar-refractivity contribution is 5.76. The molecule has 2 rings (SSSR count). The Morgan fingerprint density at radius 1 is 1.25 bits per heavy atom. The van der Waals surface area contributed by atoms with Gasteiger partial charge in [-0.25, -0.2) is 0 Å². The van der Waals surface area contributed by atoms with Gasteiger partial charge < -0.3 is 4.74 Å². The standard InChI is InChI=1S/C14H18O2/c1-13(2)9-14(3,4)16-12-6-5-10(8-15)7-11(12)13/h5-8H,9H2,1-4H3. The first-order valence-corrected chi connectivity index (χ1v) is 5.63. The van der Waals surface area contributed by atoms with E-state index in [1.54, 1.807) is 0 Å². The Kier molecular flexibility index (Phi) is 2.33. The molecule has 2 heteroatoms. The molecule has 86 valence electrons. The minimum atomic E-state index is -0.140. The molecule has 0 fully saturated rings. The van der Waals surface area contributed by atoms with Gasteiger partial charge in [0.15, 0.2) is 0 Å². The zero-order valence-electron chi connectivity index (χ0n) is 10.3. The van der Waals surface area contributed by atoms with Crippen molar-refractivity contribution < 1.29 is 9.53 Å². The van der Waals surface area contributed by atoms with Crippen LogP contribution in [0.2, 0.25) is 0 Å². The van der Waals surface area contributed by atoms with Crippen molar-refractivity contribution in [2.24, 2.45) is 0 Å². The summed E-state index contributed by atoms with van der Waals surface area (Å²) in [5.41, 5.74) is 1.77. The Labute approximate surface area is 96.6 Å². The summed E-state index contributed by atoms with van der Waals surface area (Å²) in [6, 6.07) is 5.66. The molecule has 0 radical (unpaired) electrons. The third-order valence-corrected chi connectivity index (χ3v) is 3.12. The fraction of sp³-hybridized carbons (Fsp3) is 0.500. The molecule has 0 unspecified atom stereocenters. The van der Waals surface area contributed by atoms with Crippen molar-refractivity contribution in [1.29, 1.82) is 0 Å². The van der Waals surface area contributed by atoms with Crippen LogP contribution in [0.25, 0.3) is 0 Å². The average Bonchev–Trinajstić information content (AvgIpc) is 2.14. The zero-order valence-corrected chi connectivity index (χ0v) is 10.3. The monoisotopic (exact) mass is 218 g/mol. The lowest BCUT2D eigenvalue weighted by Gasteiger charge is -2.42. The summed E-state index contributed by atoms with van der Waals surface area (Å²) in [5, 5.41) is 0. The van der Waals surface area contributed by atoms with Crippen LogP contribution in [0.4, 0.5) is 0 Å². The van der Waals surface area contributed by atoms with Crippen molar-refractivity contribution in [3.63, 3.8) is 0 Å². The lowest BCUT2D eigenvalue weighted by atomic mass is 9.73. The van der Waals surface area contributed by atoms with Crippen LogP contribution in [-0.2, 0) is 5.41 Å². The van der Waals surface area contributed by atoms with E-state index in [-0.39, 0.29) is 11.0 Å². The Hall–Kier alpha value is -1.31. The second-order valence-electron chi connectivity index (χ2n) is 5.80. The maximum Gasteiger partial charge on any atom is 0.150 e. The van der Waals surface area contributed by atoms with Crippen LogP contribution in [0.15, 0.2) is 18.2 Å². The molecular weight excluding hydrogens is 200 g/mol. The first-order chi connectivity index (χ1) is 7.34. The Bertz CT molecular complexity index is 430. The fourth-order valence-corrected chi connectivity index (χ4v) is 2.73. The van der Waals surface area contributed by atoms with E-state index >= 15 is 0 Å². The molecular formula is C14H18O2. The summed E-state index contributed by atoms with van der Waals surface area (Å²) in [6.07, 6.45) is 1.84. The third kappa shape index (κ3) is 1.84. The smallest absolute Gasteiger partial charge is 0.150 e. The van der Waals surface area contributed by atoms with Crippen LogP contribution < -0.4 is 4.74 Å². The van der Waals surface area contributed by atoms with Crippen LogP contribution in [0, 0.1) is 0 Å². The lowest BCUT2D eigenvalue weighted by Crippen LogP contribution is -2.41. The molecule has 0 amide bonds. The van der Waals surface area contributed by atoms with E-state index in [9.17, 15) is 4.79 Å². The molecule has 2 nitrogen and oxygen atoms in total. The Morgan fingerprint density at radius 2 is 1.94 bits per heavy atom. The van der Waals surface area contributed by atoms with Gasteiger partial charge in [0.05, 0.1) is 0 Å². The number of carbonyl (C=O) groups excluding carboxylic acids is 1. The molecule has 0 saturated carbocycles. The van der Waals surface area contributed by atoms with Crippen LogP contribution in [0.3, 0.4) is 0 Å². The molecule has 0 aromatic heterocycles. The first kappa shape index (κ1) is 11.2. The minimum absolute atomic E-state index is 0.0517. The summed E-state index contributed by atoms with van der Waals surface area (Å²) in [6.45, 7) is 8.60. The van der Waals surface area contributed by atoms with Crippen molar-refractivity contribution >= 4 is 6.29 Å². The van der Waals surface area contributed by atoms with Gasteiger partial charge in [-0.3, -0.25) is 4.79 Å². The molecule has 0 spiro atoms. The molecule has 0 aliphatic carbocycles. The van der Waals surface area contributed by atoms with Crippen LogP contribution >= 0.6 is 0 Å². The second kappa shape index (κ2) is 3.34. The molecule has 1 heterocycles. The SMILES string of the molecule is CC1(C)CC(C)(C)c2cc(C=O)ccc2O1. The minimum Gasteiger partial charge on any atom is -0.488 e. The fourth-order valence-electron chi connectivity index (χ4n) is 2.73. The number of benzene rings is 1. The quantitative estimate of drug-likeness (QED) is 0.676. The summed E-state index contributed by atoms with van der Waals surface area (Å²) in [5.74, 6) is 0.909. The van der Waals surface area contributed by atoms with Gasteiger partial charge >= 0.3 is 0 Å². The van der Waals surface area contributed by atoms with Gasteiger partial charge in [0, 0.05) is 11.1 Å². The number of fused-ring (bicyclic) bond motifs is 1. The van der Waals surface area contributed by atoms with Crippen molar-refractivity contribution in [3.8, 4) is 5.75 Å². The summed E-state index contributed by atoms with van der Waals surface area (Å²) < 4.78 is 5.94. The van der Waals surface area contributed by atoms with Gasteiger partial charge in [-0.2, -0.15) is 0 Å². The van der Waals surface area contributed by atoms with Crippen LogP contribution in [0.5, 0.6) is 5.75 Å². The molecule has 1 aliphatic rings. The van der Waals surface area contributed by atoms with Crippen LogP contribution in [-0.4, -0.2) is 11.9 Å². The van der Waals surface area contributed by atoms with Gasteiger partial charge in [0.2, 0.25) is 0 Å². The van der Waals surface area contributed by atoms with E-state index in [1.807, 2.05) is 18.2 Å². The van der Waals surface area contributed by atoms with Gasteiger partial charge in [-0.15, -0.1) is 0 Å². The van der Waals surface area contributed by atoms with Crippen LogP contribution in [0.1, 0.15) is 50.0 Å². The van der Waals surface area contributed by atoms with E-state index in [4.69, 9.17) is 4.74 Å². The third-order valence-electron chi connectivity index (χ3n) is 3.12. The van der Waals surface area contributed by atoms with Crippen molar-refractivity contribution in [2.45, 2.75) is 45.1 Å². The highest BCUT2D eigenvalue weighted by Gasteiger charge is 2.38. The van der Waals surface area contributed by atoms with E-state index < -0.39 is 0 Å². The summed E-state index contributed by atoms with van der Waals surface area (Å²) in [4.78, 5) is 10.8. The van der Waals surface area contributed by atoms with E-state index in [0.29, 0.717) is 0 Å². The molecule has 1 aliphatic heterocycles. The predicted molar refractivity (Wildman–Crippen MR) is 64.2 cm³/mol. The van der Waals surface area contributed by atoms with Gasteiger partial charge in [-0.1, -0.05) is 13.8 Å². The second-order valence-corrected chi connectivity index (χ2v) is 5.80. The number of hydrogen-bond donors (Lipinski definition) is 0. The summed E-state index contributed by atoms with van der Waals surface area (Å²) >= 11 is 0. The Morgan fingerprint density at radius 3 is 2.56 bits per heavy atom. The highest BCUT2D eigenvalue weighted by atomic mass is 16.5. The van der Waals surface area contributed by atoms with E-state index in [2.05, 4.69) is 27.7 Å².